The Kier molecular flexibility index (Phi) is 6.32. The molecule has 5 heteroatoms. The first-order valence-corrected chi connectivity index (χ1v) is 8.45. The first-order valence-electron chi connectivity index (χ1n) is 8.45. The number of hydrogen-bond donors (Lipinski definition) is 1. The van der Waals surface area contributed by atoms with Gasteiger partial charge in [-0.15, -0.1) is 12.4 Å². The fourth-order valence-corrected chi connectivity index (χ4v) is 3.62. The van der Waals surface area contributed by atoms with E-state index >= 15 is 0 Å². The standard InChI is InChI=1S/C18H29N3O.ClH/c1-18(2)14-20(8-7-17(18)19)13-15-5-3-4-6-16(15)21-9-11-22-12-10-21;/h3-6,17H,7-14,19H2,1-2H3;1H. The third-order valence-electron chi connectivity index (χ3n) is 5.13. The molecular weight excluding hydrogens is 310 g/mol. The lowest BCUT2D eigenvalue weighted by Crippen LogP contribution is -2.52. The highest BCUT2D eigenvalue weighted by Crippen LogP contribution is 2.30. The Labute approximate surface area is 146 Å². The molecule has 2 heterocycles. The Morgan fingerprint density at radius 2 is 1.87 bits per heavy atom. The van der Waals surface area contributed by atoms with E-state index in [2.05, 4.69) is 47.9 Å². The van der Waals surface area contributed by atoms with Gasteiger partial charge in [0.25, 0.3) is 0 Å². The smallest absolute Gasteiger partial charge is 0.0642 e. The molecule has 2 aliphatic heterocycles. The van der Waals surface area contributed by atoms with Crippen molar-refractivity contribution in [2.75, 3.05) is 44.3 Å². The molecule has 3 rings (SSSR count). The van der Waals surface area contributed by atoms with E-state index in [9.17, 15) is 0 Å². The van der Waals surface area contributed by atoms with Gasteiger partial charge in [-0.1, -0.05) is 32.0 Å². The summed E-state index contributed by atoms with van der Waals surface area (Å²) in [6.07, 6.45) is 1.09. The number of ether oxygens (including phenoxy) is 1. The van der Waals surface area contributed by atoms with E-state index in [1.54, 1.807) is 0 Å². The van der Waals surface area contributed by atoms with Crippen LogP contribution in [0, 0.1) is 5.41 Å². The molecule has 1 unspecified atom stereocenters. The normalized spacial score (nSPS) is 25.0. The van der Waals surface area contributed by atoms with Crippen molar-refractivity contribution < 1.29 is 4.74 Å². The van der Waals surface area contributed by atoms with E-state index in [0.29, 0.717) is 6.04 Å². The molecule has 2 aliphatic rings. The van der Waals surface area contributed by atoms with E-state index in [1.807, 2.05) is 0 Å². The number of nitrogens with two attached hydrogens (primary N) is 1. The number of benzene rings is 1. The van der Waals surface area contributed by atoms with Gasteiger partial charge in [0, 0.05) is 44.5 Å². The molecule has 130 valence electrons. The van der Waals surface area contributed by atoms with Crippen LogP contribution in [0.25, 0.3) is 0 Å². The van der Waals surface area contributed by atoms with Crippen LogP contribution in [0.1, 0.15) is 25.8 Å². The lowest BCUT2D eigenvalue weighted by atomic mass is 9.79. The molecule has 0 saturated carbocycles. The maximum absolute atomic E-state index is 6.27. The molecule has 23 heavy (non-hydrogen) atoms. The summed E-state index contributed by atoms with van der Waals surface area (Å²) in [5, 5.41) is 0. The van der Waals surface area contributed by atoms with Crippen molar-refractivity contribution in [1.29, 1.82) is 0 Å². The van der Waals surface area contributed by atoms with Gasteiger partial charge in [-0.25, -0.2) is 0 Å². The van der Waals surface area contributed by atoms with E-state index in [1.165, 1.54) is 11.3 Å². The molecule has 0 aromatic heterocycles. The summed E-state index contributed by atoms with van der Waals surface area (Å²) >= 11 is 0. The SMILES string of the molecule is CC1(C)CN(Cc2ccccc2N2CCOCC2)CCC1N.Cl. The summed E-state index contributed by atoms with van der Waals surface area (Å²) in [4.78, 5) is 5.02. The monoisotopic (exact) mass is 339 g/mol. The van der Waals surface area contributed by atoms with Crippen molar-refractivity contribution >= 4 is 18.1 Å². The summed E-state index contributed by atoms with van der Waals surface area (Å²) in [6, 6.07) is 9.14. The van der Waals surface area contributed by atoms with Crippen LogP contribution in [-0.4, -0.2) is 50.3 Å². The zero-order chi connectivity index (χ0) is 15.6. The number of rotatable bonds is 3. The number of para-hydroxylation sites is 1. The second kappa shape index (κ2) is 7.84. The van der Waals surface area contributed by atoms with E-state index in [-0.39, 0.29) is 17.8 Å². The maximum Gasteiger partial charge on any atom is 0.0642 e. The number of hydrogen-bond acceptors (Lipinski definition) is 4. The molecule has 0 radical (unpaired) electrons. The predicted octanol–water partition coefficient (Wildman–Crippen LogP) is 2.50. The van der Waals surface area contributed by atoms with Crippen LogP contribution in [0.2, 0.25) is 0 Å². The third-order valence-corrected chi connectivity index (χ3v) is 5.13. The van der Waals surface area contributed by atoms with Gasteiger partial charge < -0.3 is 15.4 Å². The van der Waals surface area contributed by atoms with Gasteiger partial charge in [0.1, 0.15) is 0 Å². The number of halogens is 1. The summed E-state index contributed by atoms with van der Waals surface area (Å²) in [6.45, 7) is 11.4. The number of anilines is 1. The average molecular weight is 340 g/mol. The van der Waals surface area contributed by atoms with Crippen molar-refractivity contribution in [2.45, 2.75) is 32.9 Å². The van der Waals surface area contributed by atoms with Gasteiger partial charge >= 0.3 is 0 Å². The minimum Gasteiger partial charge on any atom is -0.378 e. The average Bonchev–Trinajstić information content (AvgIpc) is 2.52. The van der Waals surface area contributed by atoms with Crippen LogP contribution in [0.15, 0.2) is 24.3 Å². The molecule has 1 atom stereocenters. The van der Waals surface area contributed by atoms with Crippen LogP contribution in [0.5, 0.6) is 0 Å². The number of piperidine rings is 1. The number of morpholine rings is 1. The highest BCUT2D eigenvalue weighted by molar-refractivity contribution is 5.85. The van der Waals surface area contributed by atoms with E-state index < -0.39 is 0 Å². The fraction of sp³-hybridized carbons (Fsp3) is 0.667. The molecular formula is C18H30ClN3O. The molecule has 0 amide bonds. The number of likely N-dealkylation sites (tertiary alicyclic amines) is 1. The van der Waals surface area contributed by atoms with Gasteiger partial charge in [0.2, 0.25) is 0 Å². The summed E-state index contributed by atoms with van der Waals surface area (Å²) in [5.41, 5.74) is 9.27. The lowest BCUT2D eigenvalue weighted by molar-refractivity contribution is 0.0897. The minimum absolute atomic E-state index is 0. The van der Waals surface area contributed by atoms with Crippen LogP contribution in [0.4, 0.5) is 5.69 Å². The lowest BCUT2D eigenvalue weighted by Gasteiger charge is -2.43. The molecule has 0 bridgehead atoms. The minimum atomic E-state index is 0. The quantitative estimate of drug-likeness (QED) is 0.918. The molecule has 2 N–H and O–H groups in total. The molecule has 0 spiro atoms. The van der Waals surface area contributed by atoms with Gasteiger partial charge in [-0.2, -0.15) is 0 Å². The highest BCUT2D eigenvalue weighted by atomic mass is 35.5. The van der Waals surface area contributed by atoms with Gasteiger partial charge in [0.05, 0.1) is 13.2 Å². The van der Waals surface area contributed by atoms with Crippen LogP contribution in [0.3, 0.4) is 0 Å². The zero-order valence-electron chi connectivity index (χ0n) is 14.3. The van der Waals surface area contributed by atoms with Crippen molar-refractivity contribution in [3.63, 3.8) is 0 Å². The Hall–Kier alpha value is -0.810. The van der Waals surface area contributed by atoms with Crippen molar-refractivity contribution in [1.82, 2.24) is 4.90 Å². The maximum atomic E-state index is 6.27. The molecule has 4 nitrogen and oxygen atoms in total. The van der Waals surface area contributed by atoms with Gasteiger partial charge in [-0.05, 0) is 23.5 Å². The molecule has 1 aromatic carbocycles. The second-order valence-electron chi connectivity index (χ2n) is 7.32. The third kappa shape index (κ3) is 4.38. The largest absolute Gasteiger partial charge is 0.378 e. The fourth-order valence-electron chi connectivity index (χ4n) is 3.62. The summed E-state index contributed by atoms with van der Waals surface area (Å²) < 4.78 is 5.48. The van der Waals surface area contributed by atoms with Crippen molar-refractivity contribution in [3.05, 3.63) is 29.8 Å². The molecule has 2 saturated heterocycles. The second-order valence-corrected chi connectivity index (χ2v) is 7.32. The first kappa shape index (κ1) is 18.5. The molecule has 1 aromatic rings. The van der Waals surface area contributed by atoms with Crippen LogP contribution < -0.4 is 10.6 Å². The van der Waals surface area contributed by atoms with Crippen LogP contribution >= 0.6 is 12.4 Å². The summed E-state index contributed by atoms with van der Waals surface area (Å²) in [7, 11) is 0. The Balaban J connectivity index is 0.00000192. The zero-order valence-corrected chi connectivity index (χ0v) is 15.1. The summed E-state index contributed by atoms with van der Waals surface area (Å²) in [5.74, 6) is 0. The van der Waals surface area contributed by atoms with E-state index in [0.717, 1.165) is 52.4 Å². The Morgan fingerprint density at radius 3 is 2.57 bits per heavy atom. The highest BCUT2D eigenvalue weighted by Gasteiger charge is 2.33. The Bertz CT molecular complexity index is 503. The number of nitrogens with zero attached hydrogens (tertiary/aromatic N) is 2. The Morgan fingerprint density at radius 1 is 1.17 bits per heavy atom. The van der Waals surface area contributed by atoms with Crippen molar-refractivity contribution in [3.8, 4) is 0 Å². The van der Waals surface area contributed by atoms with Gasteiger partial charge in [0.15, 0.2) is 0 Å². The van der Waals surface area contributed by atoms with E-state index in [4.69, 9.17) is 10.5 Å². The topological polar surface area (TPSA) is 41.7 Å². The predicted molar refractivity (Wildman–Crippen MR) is 98.4 cm³/mol. The van der Waals surface area contributed by atoms with Gasteiger partial charge in [-0.3, -0.25) is 4.90 Å². The van der Waals surface area contributed by atoms with Crippen molar-refractivity contribution in [2.24, 2.45) is 11.1 Å². The molecule has 2 fully saturated rings. The first-order chi connectivity index (χ1) is 10.6. The van der Waals surface area contributed by atoms with Crippen LogP contribution in [-0.2, 0) is 11.3 Å². The molecule has 0 aliphatic carbocycles.